The minimum Gasteiger partial charge on any atom is -0.368 e. The summed E-state index contributed by atoms with van der Waals surface area (Å²) in [4.78, 5) is 15.8. The molecule has 6 nitrogen and oxygen atoms in total. The van der Waals surface area contributed by atoms with Crippen LogP contribution in [-0.4, -0.2) is 33.8 Å². The van der Waals surface area contributed by atoms with E-state index in [0.29, 0.717) is 30.2 Å². The number of rotatable bonds is 5. The lowest BCUT2D eigenvalue weighted by molar-refractivity contribution is 0.0960. The highest BCUT2D eigenvalue weighted by Gasteiger charge is 2.48. The van der Waals surface area contributed by atoms with Crippen LogP contribution in [-0.2, 0) is 12.0 Å². The highest BCUT2D eigenvalue weighted by atomic mass is 19.1. The van der Waals surface area contributed by atoms with E-state index in [1.165, 1.54) is 18.3 Å². The van der Waals surface area contributed by atoms with Crippen molar-refractivity contribution in [2.24, 2.45) is 0 Å². The smallest absolute Gasteiger partial charge is 0.251 e. The maximum atomic E-state index is 14.3. The molecule has 0 bridgehead atoms. The molecule has 1 aromatic carbocycles. The molecule has 1 amide bonds. The number of hydrogen-bond donors (Lipinski definition) is 2. The molecule has 0 unspecified atom stereocenters. The normalized spacial score (nSPS) is 22.2. The Bertz CT molecular complexity index is 1110. The van der Waals surface area contributed by atoms with Crippen LogP contribution in [0.2, 0.25) is 0 Å². The number of amides is 1. The third-order valence-corrected chi connectivity index (χ3v) is 5.84. The van der Waals surface area contributed by atoms with Crippen LogP contribution in [0.15, 0.2) is 48.7 Å². The quantitative estimate of drug-likeness (QED) is 0.678. The summed E-state index contributed by atoms with van der Waals surface area (Å²) >= 11 is 0. The summed E-state index contributed by atoms with van der Waals surface area (Å²) in [5.41, 5.74) is 2.77. The number of hydrogen-bond acceptors (Lipinski definition) is 5. The van der Waals surface area contributed by atoms with Crippen LogP contribution >= 0.6 is 0 Å². The average Bonchev–Trinajstić information content (AvgIpc) is 3.11. The van der Waals surface area contributed by atoms with E-state index in [4.69, 9.17) is 0 Å². The number of nitrogens with one attached hydrogen (secondary N) is 2. The third-order valence-electron chi connectivity index (χ3n) is 5.84. The fourth-order valence-corrected chi connectivity index (χ4v) is 4.22. The average molecular weight is 407 g/mol. The summed E-state index contributed by atoms with van der Waals surface area (Å²) in [6, 6.07) is 12.1. The van der Waals surface area contributed by atoms with E-state index in [1.807, 2.05) is 18.2 Å². The van der Waals surface area contributed by atoms with Crippen LogP contribution in [0.3, 0.4) is 0 Å². The number of halogens is 2. The maximum Gasteiger partial charge on any atom is 0.251 e. The molecule has 3 heterocycles. The number of carbonyl (C=O) groups is 1. The molecule has 3 aromatic rings. The van der Waals surface area contributed by atoms with Gasteiger partial charge in [0.1, 0.15) is 17.8 Å². The number of pyridine rings is 1. The number of aromatic nitrogens is 3. The molecule has 2 N–H and O–H groups in total. The van der Waals surface area contributed by atoms with Crippen LogP contribution in [0.1, 0.15) is 34.5 Å². The summed E-state index contributed by atoms with van der Waals surface area (Å²) in [7, 11) is 0. The summed E-state index contributed by atoms with van der Waals surface area (Å²) < 4.78 is 27.9. The first-order valence-corrected chi connectivity index (χ1v) is 9.78. The Kier molecular flexibility index (Phi) is 4.42. The number of benzene rings is 1. The molecule has 152 valence electrons. The molecule has 0 saturated heterocycles. The van der Waals surface area contributed by atoms with Gasteiger partial charge in [-0.15, -0.1) is 10.2 Å². The van der Waals surface area contributed by atoms with Gasteiger partial charge in [0.15, 0.2) is 0 Å². The minimum absolute atomic E-state index is 0.0630. The van der Waals surface area contributed by atoms with Gasteiger partial charge < -0.3 is 10.6 Å². The highest BCUT2D eigenvalue weighted by Crippen LogP contribution is 2.45. The minimum atomic E-state index is -0.956. The number of alkyl halides is 1. The predicted octanol–water partition coefficient (Wildman–Crippen LogP) is 3.40. The maximum absolute atomic E-state index is 14.3. The zero-order chi connectivity index (χ0) is 20.7. The van der Waals surface area contributed by atoms with Gasteiger partial charge in [-0.2, -0.15) is 0 Å². The molecule has 2 aliphatic rings. The van der Waals surface area contributed by atoms with Crippen LogP contribution in [0.4, 0.5) is 14.6 Å². The first-order chi connectivity index (χ1) is 14.5. The van der Waals surface area contributed by atoms with Crippen LogP contribution in [0.5, 0.6) is 0 Å². The van der Waals surface area contributed by atoms with Gasteiger partial charge in [-0.25, -0.2) is 8.78 Å². The van der Waals surface area contributed by atoms with Gasteiger partial charge in [0.2, 0.25) is 0 Å². The molecule has 1 aliphatic heterocycles. The van der Waals surface area contributed by atoms with Crippen molar-refractivity contribution in [2.45, 2.75) is 31.0 Å². The molecular weight excluding hydrogens is 388 g/mol. The van der Waals surface area contributed by atoms with E-state index in [0.717, 1.165) is 11.1 Å². The molecule has 1 fully saturated rings. The van der Waals surface area contributed by atoms with Crippen LogP contribution in [0.25, 0.3) is 11.3 Å². The monoisotopic (exact) mass is 407 g/mol. The van der Waals surface area contributed by atoms with Gasteiger partial charge in [-0.05, 0) is 54.8 Å². The molecule has 0 radical (unpaired) electrons. The number of fused-ring (bicyclic) bond motifs is 1. The van der Waals surface area contributed by atoms with Crippen molar-refractivity contribution in [3.05, 3.63) is 71.3 Å². The van der Waals surface area contributed by atoms with Crippen molar-refractivity contribution in [3.63, 3.8) is 0 Å². The van der Waals surface area contributed by atoms with Gasteiger partial charge in [0.05, 0.1) is 11.4 Å². The second kappa shape index (κ2) is 7.12. The topological polar surface area (TPSA) is 79.8 Å². The van der Waals surface area contributed by atoms with Crippen molar-refractivity contribution in [1.29, 1.82) is 0 Å². The third kappa shape index (κ3) is 3.18. The van der Waals surface area contributed by atoms with E-state index in [9.17, 15) is 13.6 Å². The van der Waals surface area contributed by atoms with Crippen LogP contribution in [0, 0.1) is 5.82 Å². The van der Waals surface area contributed by atoms with Crippen LogP contribution < -0.4 is 10.6 Å². The molecule has 5 rings (SSSR count). The van der Waals surface area contributed by atoms with E-state index in [1.54, 1.807) is 12.1 Å². The highest BCUT2D eigenvalue weighted by molar-refractivity contribution is 5.98. The Morgan fingerprint density at radius 2 is 2.03 bits per heavy atom. The van der Waals surface area contributed by atoms with Gasteiger partial charge in [-0.1, -0.05) is 6.07 Å². The molecule has 2 aromatic heterocycles. The predicted molar refractivity (Wildman–Crippen MR) is 107 cm³/mol. The van der Waals surface area contributed by atoms with E-state index >= 15 is 0 Å². The summed E-state index contributed by atoms with van der Waals surface area (Å²) in [5.74, 6) is 0.0407. The first-order valence-electron chi connectivity index (χ1n) is 9.78. The lowest BCUT2D eigenvalue weighted by atomic mass is 9.65. The van der Waals surface area contributed by atoms with Gasteiger partial charge in [-0.3, -0.25) is 9.78 Å². The second-order valence-electron chi connectivity index (χ2n) is 7.83. The summed E-state index contributed by atoms with van der Waals surface area (Å²) in [6.07, 6.45) is 1.02. The number of carbonyl (C=O) groups excluding carboxylic acids is 1. The summed E-state index contributed by atoms with van der Waals surface area (Å²) in [6.45, 7) is 0.832. The standard InChI is InChI=1S/C22H19F2N5O/c23-15-9-22(10-15,20-17(24)2-1-7-25-20)12-27-19-6-5-18(28-29-19)13-3-4-16-14(8-13)11-26-21(16)30/h1-8,15H,9-12H2,(H,26,30)(H,27,29). The van der Waals surface area contributed by atoms with Crippen molar-refractivity contribution in [1.82, 2.24) is 20.5 Å². The van der Waals surface area contributed by atoms with Crippen molar-refractivity contribution >= 4 is 11.7 Å². The van der Waals surface area contributed by atoms with E-state index in [-0.39, 0.29) is 24.4 Å². The molecule has 30 heavy (non-hydrogen) atoms. The van der Waals surface area contributed by atoms with Gasteiger partial charge in [0, 0.05) is 35.8 Å². The zero-order valence-electron chi connectivity index (χ0n) is 16.0. The zero-order valence-corrected chi connectivity index (χ0v) is 16.0. The first kappa shape index (κ1) is 18.6. The second-order valence-corrected chi connectivity index (χ2v) is 7.83. The van der Waals surface area contributed by atoms with Crippen molar-refractivity contribution in [3.8, 4) is 11.3 Å². The number of nitrogens with zero attached hydrogens (tertiary/aromatic N) is 3. The molecule has 8 heteroatoms. The van der Waals surface area contributed by atoms with Crippen molar-refractivity contribution < 1.29 is 13.6 Å². The fourth-order valence-electron chi connectivity index (χ4n) is 4.22. The van der Waals surface area contributed by atoms with Gasteiger partial charge in [0.25, 0.3) is 5.91 Å². The molecule has 1 saturated carbocycles. The fraction of sp³-hybridized carbons (Fsp3) is 0.273. The SMILES string of the molecule is O=C1NCc2cc(-c3ccc(NCC4(c5ncccc5F)CC(F)C4)nn3)ccc21. The Balaban J connectivity index is 1.32. The Morgan fingerprint density at radius 3 is 2.77 bits per heavy atom. The summed E-state index contributed by atoms with van der Waals surface area (Å²) in [5, 5.41) is 14.4. The Labute approximate surface area is 171 Å². The number of anilines is 1. The molecule has 1 aliphatic carbocycles. The lowest BCUT2D eigenvalue weighted by Gasteiger charge is -2.44. The lowest BCUT2D eigenvalue weighted by Crippen LogP contribution is -2.49. The Morgan fingerprint density at radius 1 is 1.17 bits per heavy atom. The van der Waals surface area contributed by atoms with Crippen molar-refractivity contribution in [2.75, 3.05) is 11.9 Å². The van der Waals surface area contributed by atoms with E-state index in [2.05, 4.69) is 25.8 Å². The van der Waals surface area contributed by atoms with E-state index < -0.39 is 17.4 Å². The molecule has 0 spiro atoms. The molecular formula is C22H19F2N5O. The largest absolute Gasteiger partial charge is 0.368 e. The molecule has 0 atom stereocenters. The van der Waals surface area contributed by atoms with Gasteiger partial charge >= 0.3 is 0 Å². The Hall–Kier alpha value is -3.42.